The predicted molar refractivity (Wildman–Crippen MR) is 136 cm³/mol. The first kappa shape index (κ1) is 28.0. The second-order valence-electron chi connectivity index (χ2n) is 11.4. The first-order chi connectivity index (χ1) is 15.0. The molecule has 2 aliphatic carbocycles. The third kappa shape index (κ3) is 5.71. The standard InChI is InChI=1S/C27H52O4Si/c1-11-29-22(10)30-16-25-21(9)14-23-26(13-12-20(8)27(23)24(25)15-28)31-32(17(2)3,18(4)5)19(6)7/h14,17-20,22-28H,11-13,15-16H2,1-10H3/t20-,22?,23-,24+,25+,26-,27+/m0/s1. The van der Waals surface area contributed by atoms with E-state index in [4.69, 9.17) is 13.9 Å². The van der Waals surface area contributed by atoms with Gasteiger partial charge in [0.05, 0.1) is 12.7 Å². The van der Waals surface area contributed by atoms with Crippen LogP contribution in [-0.2, 0) is 13.9 Å². The maximum atomic E-state index is 10.5. The van der Waals surface area contributed by atoms with Crippen LogP contribution in [0.2, 0.25) is 16.6 Å². The van der Waals surface area contributed by atoms with Crippen LogP contribution in [0.4, 0.5) is 0 Å². The van der Waals surface area contributed by atoms with Crippen LogP contribution in [0.25, 0.3) is 0 Å². The molecule has 0 aliphatic heterocycles. The zero-order valence-electron chi connectivity index (χ0n) is 22.6. The van der Waals surface area contributed by atoms with Crippen molar-refractivity contribution in [1.82, 2.24) is 0 Å². The Morgan fingerprint density at radius 3 is 2.09 bits per heavy atom. The largest absolute Gasteiger partial charge is 0.413 e. The van der Waals surface area contributed by atoms with Crippen molar-refractivity contribution in [2.24, 2.45) is 29.6 Å². The highest BCUT2D eigenvalue weighted by molar-refractivity contribution is 6.77. The second-order valence-corrected chi connectivity index (χ2v) is 16.8. The molecular weight excluding hydrogens is 416 g/mol. The van der Waals surface area contributed by atoms with Crippen molar-refractivity contribution < 1.29 is 19.0 Å². The molecule has 0 radical (unpaired) electrons. The van der Waals surface area contributed by atoms with Gasteiger partial charge in [0.25, 0.3) is 0 Å². The van der Waals surface area contributed by atoms with Gasteiger partial charge in [-0.1, -0.05) is 60.1 Å². The van der Waals surface area contributed by atoms with E-state index in [1.165, 1.54) is 12.0 Å². The fourth-order valence-electron chi connectivity index (χ4n) is 7.23. The van der Waals surface area contributed by atoms with E-state index in [0.29, 0.717) is 47.6 Å². The average Bonchev–Trinajstić information content (AvgIpc) is 2.71. The fourth-order valence-corrected chi connectivity index (χ4v) is 12.8. The monoisotopic (exact) mass is 468 g/mol. The summed E-state index contributed by atoms with van der Waals surface area (Å²) in [5.74, 6) is 1.87. The Kier molecular flexibility index (Phi) is 10.5. The summed E-state index contributed by atoms with van der Waals surface area (Å²) in [6.07, 6.45) is 4.86. The molecule has 7 atom stereocenters. The van der Waals surface area contributed by atoms with Crippen LogP contribution in [0.3, 0.4) is 0 Å². The topological polar surface area (TPSA) is 47.9 Å². The Hall–Kier alpha value is -0.203. The molecule has 1 saturated carbocycles. The summed E-state index contributed by atoms with van der Waals surface area (Å²) in [4.78, 5) is 0. The van der Waals surface area contributed by atoms with Crippen LogP contribution in [0.15, 0.2) is 11.6 Å². The summed E-state index contributed by atoms with van der Waals surface area (Å²) >= 11 is 0. The molecule has 0 heterocycles. The lowest BCUT2D eigenvalue weighted by Crippen LogP contribution is -2.55. The highest BCUT2D eigenvalue weighted by Crippen LogP contribution is 2.52. The van der Waals surface area contributed by atoms with E-state index >= 15 is 0 Å². The normalized spacial score (nSPS) is 32.4. The molecule has 0 bridgehead atoms. The lowest BCUT2D eigenvalue weighted by molar-refractivity contribution is -0.143. The second kappa shape index (κ2) is 12.0. The zero-order chi connectivity index (χ0) is 24.2. The number of aliphatic hydroxyl groups is 1. The van der Waals surface area contributed by atoms with Crippen molar-refractivity contribution in [3.05, 3.63) is 11.6 Å². The highest BCUT2D eigenvalue weighted by atomic mass is 28.4. The van der Waals surface area contributed by atoms with Gasteiger partial charge < -0.3 is 19.0 Å². The van der Waals surface area contributed by atoms with Gasteiger partial charge in [-0.05, 0) is 68.0 Å². The molecule has 1 unspecified atom stereocenters. The van der Waals surface area contributed by atoms with E-state index < -0.39 is 8.32 Å². The quantitative estimate of drug-likeness (QED) is 0.206. The number of rotatable bonds is 11. The van der Waals surface area contributed by atoms with Gasteiger partial charge in [-0.2, -0.15) is 0 Å². The van der Waals surface area contributed by atoms with E-state index in [1.54, 1.807) is 0 Å². The molecule has 188 valence electrons. The van der Waals surface area contributed by atoms with Gasteiger partial charge in [-0.15, -0.1) is 0 Å². The summed E-state index contributed by atoms with van der Waals surface area (Å²) in [5.41, 5.74) is 3.11. The van der Waals surface area contributed by atoms with E-state index in [0.717, 1.165) is 6.42 Å². The number of hydrogen-bond acceptors (Lipinski definition) is 4. The highest BCUT2D eigenvalue weighted by Gasteiger charge is 2.52. The van der Waals surface area contributed by atoms with Crippen molar-refractivity contribution >= 4 is 8.32 Å². The van der Waals surface area contributed by atoms with E-state index in [1.807, 2.05) is 13.8 Å². The third-order valence-corrected chi connectivity index (χ3v) is 14.8. The van der Waals surface area contributed by atoms with Crippen LogP contribution in [0.1, 0.15) is 82.1 Å². The van der Waals surface area contributed by atoms with Crippen molar-refractivity contribution in [1.29, 1.82) is 0 Å². The molecule has 5 heteroatoms. The first-order valence-corrected chi connectivity index (χ1v) is 15.3. The molecule has 0 aromatic carbocycles. The minimum absolute atomic E-state index is 0.209. The summed E-state index contributed by atoms with van der Waals surface area (Å²) in [6, 6.07) is 0. The van der Waals surface area contributed by atoms with Crippen LogP contribution in [0.5, 0.6) is 0 Å². The summed E-state index contributed by atoms with van der Waals surface area (Å²) in [6.45, 7) is 24.3. The lowest BCUT2D eigenvalue weighted by Gasteiger charge is -2.53. The van der Waals surface area contributed by atoms with Gasteiger partial charge in [0.15, 0.2) is 6.29 Å². The molecule has 0 spiro atoms. The molecule has 0 saturated heterocycles. The Labute approximate surface area is 199 Å². The number of fused-ring (bicyclic) bond motifs is 1. The lowest BCUT2D eigenvalue weighted by atomic mass is 9.58. The molecular formula is C27H52O4Si. The number of hydrogen-bond donors (Lipinski definition) is 1. The SMILES string of the molecule is CCOC(C)OC[C@@H]1C(C)=C[C@@H]2[C@H]([C@@H]1CO)[C@@H](C)CC[C@@H]2O[Si](C(C)C)(C(C)C)C(C)C. The van der Waals surface area contributed by atoms with E-state index in [-0.39, 0.29) is 30.8 Å². The molecule has 4 nitrogen and oxygen atoms in total. The maximum Gasteiger partial charge on any atom is 0.200 e. The average molecular weight is 469 g/mol. The van der Waals surface area contributed by atoms with Gasteiger partial charge in [0.2, 0.25) is 8.32 Å². The Morgan fingerprint density at radius 1 is 1.00 bits per heavy atom. The van der Waals surface area contributed by atoms with Crippen molar-refractivity contribution in [2.45, 2.75) is 111 Å². The smallest absolute Gasteiger partial charge is 0.200 e. The van der Waals surface area contributed by atoms with Gasteiger partial charge in [-0.25, -0.2) is 0 Å². The van der Waals surface area contributed by atoms with E-state index in [2.05, 4.69) is 61.5 Å². The Morgan fingerprint density at radius 2 is 1.59 bits per heavy atom. The van der Waals surface area contributed by atoms with Gasteiger partial charge in [-0.3, -0.25) is 0 Å². The molecule has 1 fully saturated rings. The van der Waals surface area contributed by atoms with Crippen LogP contribution in [-0.4, -0.2) is 45.6 Å². The number of aliphatic hydroxyl groups excluding tert-OH is 1. The zero-order valence-corrected chi connectivity index (χ0v) is 23.6. The molecule has 1 N–H and O–H groups in total. The summed E-state index contributed by atoms with van der Waals surface area (Å²) in [5, 5.41) is 10.5. The third-order valence-electron chi connectivity index (χ3n) is 8.67. The molecule has 2 rings (SSSR count). The van der Waals surface area contributed by atoms with Crippen molar-refractivity contribution in [3.63, 3.8) is 0 Å². The van der Waals surface area contributed by atoms with Gasteiger partial charge in [0, 0.05) is 25.0 Å². The molecule has 0 aromatic heterocycles. The Balaban J connectivity index is 2.34. The summed E-state index contributed by atoms with van der Waals surface area (Å²) in [7, 11) is -1.96. The summed E-state index contributed by atoms with van der Waals surface area (Å²) < 4.78 is 19.0. The fraction of sp³-hybridized carbons (Fsp3) is 0.926. The molecule has 0 amide bonds. The minimum Gasteiger partial charge on any atom is -0.413 e. The van der Waals surface area contributed by atoms with Crippen LogP contribution < -0.4 is 0 Å². The van der Waals surface area contributed by atoms with Gasteiger partial charge in [0.1, 0.15) is 0 Å². The predicted octanol–water partition coefficient (Wildman–Crippen LogP) is 6.79. The molecule has 2 aliphatic rings. The Bertz CT molecular complexity index is 581. The van der Waals surface area contributed by atoms with Crippen LogP contribution in [0, 0.1) is 29.6 Å². The number of ether oxygens (including phenoxy) is 2. The molecule has 0 aromatic rings. The minimum atomic E-state index is -1.96. The van der Waals surface area contributed by atoms with Gasteiger partial charge >= 0.3 is 0 Å². The first-order valence-electron chi connectivity index (χ1n) is 13.2. The van der Waals surface area contributed by atoms with E-state index in [9.17, 15) is 5.11 Å². The molecule has 32 heavy (non-hydrogen) atoms. The maximum absolute atomic E-state index is 10.5. The van der Waals surface area contributed by atoms with Crippen molar-refractivity contribution in [3.8, 4) is 0 Å². The van der Waals surface area contributed by atoms with Crippen LogP contribution >= 0.6 is 0 Å². The van der Waals surface area contributed by atoms with Crippen molar-refractivity contribution in [2.75, 3.05) is 19.8 Å².